The number of carbonyl (C=O) groups is 1. The highest BCUT2D eigenvalue weighted by atomic mass is 16.5. The average molecular weight is 265 g/mol. The van der Waals surface area contributed by atoms with E-state index in [1.54, 1.807) is 36.1 Å². The Balaban J connectivity index is 2.71. The van der Waals surface area contributed by atoms with Crippen molar-refractivity contribution in [2.75, 3.05) is 26.8 Å². The van der Waals surface area contributed by atoms with Crippen molar-refractivity contribution in [3.8, 4) is 6.07 Å². The standard InChI is InChI=1S/C12H19N5O2/c1-16-9-10(8-15-16)11(14)12(18)17(5-3-4-13)6-7-19-2/h8-9,11H,3,5-7,14H2,1-2H3. The van der Waals surface area contributed by atoms with Crippen LogP contribution in [0.15, 0.2) is 12.4 Å². The third kappa shape index (κ3) is 4.35. The van der Waals surface area contributed by atoms with Gasteiger partial charge in [0.15, 0.2) is 0 Å². The molecule has 1 rings (SSSR count). The van der Waals surface area contributed by atoms with Crippen LogP contribution in [-0.2, 0) is 16.6 Å². The molecule has 0 aliphatic carbocycles. The van der Waals surface area contributed by atoms with Crippen LogP contribution in [-0.4, -0.2) is 47.4 Å². The minimum atomic E-state index is -0.760. The van der Waals surface area contributed by atoms with Gasteiger partial charge >= 0.3 is 0 Å². The highest BCUT2D eigenvalue weighted by Crippen LogP contribution is 2.12. The van der Waals surface area contributed by atoms with E-state index in [2.05, 4.69) is 5.10 Å². The molecule has 0 fully saturated rings. The summed E-state index contributed by atoms with van der Waals surface area (Å²) >= 11 is 0. The molecule has 0 aliphatic rings. The van der Waals surface area contributed by atoms with E-state index in [1.165, 1.54) is 0 Å². The zero-order valence-electron chi connectivity index (χ0n) is 11.2. The topological polar surface area (TPSA) is 97.2 Å². The Labute approximate surface area is 112 Å². The summed E-state index contributed by atoms with van der Waals surface area (Å²) < 4.78 is 6.55. The Bertz CT molecular complexity index is 451. The molecule has 1 heterocycles. The molecule has 0 saturated heterocycles. The van der Waals surface area contributed by atoms with Crippen molar-refractivity contribution in [1.29, 1.82) is 5.26 Å². The summed E-state index contributed by atoms with van der Waals surface area (Å²) in [5, 5.41) is 12.6. The van der Waals surface area contributed by atoms with Crippen molar-refractivity contribution in [2.24, 2.45) is 12.8 Å². The molecule has 1 aromatic rings. The molecule has 1 unspecified atom stereocenters. The number of nitrogens with two attached hydrogens (primary N) is 1. The number of amides is 1. The predicted octanol–water partition coefficient (Wildman–Crippen LogP) is -0.191. The quantitative estimate of drug-likeness (QED) is 0.737. The van der Waals surface area contributed by atoms with Crippen molar-refractivity contribution in [3.05, 3.63) is 18.0 Å². The molecular formula is C12H19N5O2. The molecule has 7 heteroatoms. The molecule has 1 aromatic heterocycles. The summed E-state index contributed by atoms with van der Waals surface area (Å²) in [4.78, 5) is 13.8. The first-order chi connectivity index (χ1) is 9.10. The smallest absolute Gasteiger partial charge is 0.244 e. The van der Waals surface area contributed by atoms with Gasteiger partial charge in [0.25, 0.3) is 0 Å². The van der Waals surface area contributed by atoms with Gasteiger partial charge in [-0.25, -0.2) is 0 Å². The van der Waals surface area contributed by atoms with Gasteiger partial charge in [0, 0.05) is 39.0 Å². The summed E-state index contributed by atoms with van der Waals surface area (Å²) in [5.41, 5.74) is 6.59. The van der Waals surface area contributed by atoms with Crippen molar-refractivity contribution in [1.82, 2.24) is 14.7 Å². The Hall–Kier alpha value is -1.91. The minimum Gasteiger partial charge on any atom is -0.383 e. The Morgan fingerprint density at radius 3 is 2.95 bits per heavy atom. The molecule has 0 saturated carbocycles. The molecule has 0 bridgehead atoms. The largest absolute Gasteiger partial charge is 0.383 e. The van der Waals surface area contributed by atoms with Gasteiger partial charge in [-0.1, -0.05) is 0 Å². The number of aromatic nitrogens is 2. The fraction of sp³-hybridized carbons (Fsp3) is 0.583. The van der Waals surface area contributed by atoms with Crippen LogP contribution < -0.4 is 5.73 Å². The summed E-state index contributed by atoms with van der Waals surface area (Å²) in [6.07, 6.45) is 3.55. The van der Waals surface area contributed by atoms with Gasteiger partial charge in [-0.05, 0) is 0 Å². The highest BCUT2D eigenvalue weighted by Gasteiger charge is 2.23. The van der Waals surface area contributed by atoms with Gasteiger partial charge in [-0.2, -0.15) is 10.4 Å². The predicted molar refractivity (Wildman–Crippen MR) is 68.8 cm³/mol. The van der Waals surface area contributed by atoms with Crippen LogP contribution >= 0.6 is 0 Å². The lowest BCUT2D eigenvalue weighted by Gasteiger charge is -2.24. The molecule has 0 aliphatic heterocycles. The number of rotatable bonds is 7. The van der Waals surface area contributed by atoms with E-state index < -0.39 is 6.04 Å². The lowest BCUT2D eigenvalue weighted by Crippen LogP contribution is -2.40. The van der Waals surface area contributed by atoms with Crippen LogP contribution in [0.4, 0.5) is 0 Å². The number of nitrogens with zero attached hydrogens (tertiary/aromatic N) is 4. The van der Waals surface area contributed by atoms with E-state index in [0.29, 0.717) is 25.3 Å². The van der Waals surface area contributed by atoms with Crippen LogP contribution in [0.1, 0.15) is 18.0 Å². The number of carbonyl (C=O) groups excluding carboxylic acids is 1. The van der Waals surface area contributed by atoms with Crippen LogP contribution in [0.5, 0.6) is 0 Å². The molecule has 19 heavy (non-hydrogen) atoms. The number of nitriles is 1. The molecule has 0 spiro atoms. The average Bonchev–Trinajstić information content (AvgIpc) is 2.84. The molecular weight excluding hydrogens is 246 g/mol. The number of methoxy groups -OCH3 is 1. The van der Waals surface area contributed by atoms with Gasteiger partial charge in [0.05, 0.1) is 25.3 Å². The van der Waals surface area contributed by atoms with Crippen LogP contribution in [0, 0.1) is 11.3 Å². The third-order valence-corrected chi connectivity index (χ3v) is 2.72. The summed E-state index contributed by atoms with van der Waals surface area (Å²) in [7, 11) is 3.33. The van der Waals surface area contributed by atoms with Crippen molar-refractivity contribution >= 4 is 5.91 Å². The molecule has 0 aromatic carbocycles. The second-order valence-corrected chi connectivity index (χ2v) is 4.15. The van der Waals surface area contributed by atoms with Crippen LogP contribution in [0.25, 0.3) is 0 Å². The second kappa shape index (κ2) is 7.51. The Kier molecular flexibility index (Phi) is 5.99. The van der Waals surface area contributed by atoms with Crippen molar-refractivity contribution in [3.63, 3.8) is 0 Å². The Morgan fingerprint density at radius 1 is 1.68 bits per heavy atom. The summed E-state index contributed by atoms with van der Waals surface area (Å²) in [5.74, 6) is -0.222. The van der Waals surface area contributed by atoms with Crippen LogP contribution in [0.2, 0.25) is 0 Å². The lowest BCUT2D eigenvalue weighted by molar-refractivity contribution is -0.133. The van der Waals surface area contributed by atoms with E-state index in [1.807, 2.05) is 6.07 Å². The first-order valence-electron chi connectivity index (χ1n) is 5.99. The molecule has 1 atom stereocenters. The Morgan fingerprint density at radius 2 is 2.42 bits per heavy atom. The summed E-state index contributed by atoms with van der Waals surface area (Å²) in [6.45, 7) is 1.19. The maximum absolute atomic E-state index is 12.3. The van der Waals surface area contributed by atoms with E-state index >= 15 is 0 Å². The van der Waals surface area contributed by atoms with E-state index in [-0.39, 0.29) is 12.3 Å². The number of hydrogen-bond acceptors (Lipinski definition) is 5. The maximum Gasteiger partial charge on any atom is 0.244 e. The van der Waals surface area contributed by atoms with Gasteiger partial charge in [-0.15, -0.1) is 0 Å². The zero-order valence-corrected chi connectivity index (χ0v) is 11.2. The van der Waals surface area contributed by atoms with Gasteiger partial charge in [0.2, 0.25) is 5.91 Å². The fourth-order valence-electron chi connectivity index (χ4n) is 1.66. The summed E-state index contributed by atoms with van der Waals surface area (Å²) in [6, 6.07) is 1.26. The van der Waals surface area contributed by atoms with E-state index in [9.17, 15) is 4.79 Å². The lowest BCUT2D eigenvalue weighted by atomic mass is 10.1. The minimum absolute atomic E-state index is 0.222. The van der Waals surface area contributed by atoms with Gasteiger partial charge in [-0.3, -0.25) is 9.48 Å². The second-order valence-electron chi connectivity index (χ2n) is 4.15. The molecule has 2 N–H and O–H groups in total. The SMILES string of the molecule is COCCN(CCC#N)C(=O)C(N)c1cnn(C)c1. The van der Waals surface area contributed by atoms with Crippen molar-refractivity contribution in [2.45, 2.75) is 12.5 Å². The molecule has 0 radical (unpaired) electrons. The highest BCUT2D eigenvalue weighted by molar-refractivity contribution is 5.83. The molecule has 7 nitrogen and oxygen atoms in total. The third-order valence-electron chi connectivity index (χ3n) is 2.72. The first kappa shape index (κ1) is 15.1. The number of hydrogen-bond donors (Lipinski definition) is 1. The molecule has 1 amide bonds. The van der Waals surface area contributed by atoms with E-state index in [4.69, 9.17) is 15.7 Å². The number of ether oxygens (including phenoxy) is 1. The van der Waals surface area contributed by atoms with Crippen molar-refractivity contribution < 1.29 is 9.53 Å². The first-order valence-corrected chi connectivity index (χ1v) is 5.99. The van der Waals surface area contributed by atoms with Gasteiger partial charge in [0.1, 0.15) is 6.04 Å². The maximum atomic E-state index is 12.3. The molecule has 104 valence electrons. The monoisotopic (exact) mass is 265 g/mol. The normalized spacial score (nSPS) is 11.9. The zero-order chi connectivity index (χ0) is 14.3. The van der Waals surface area contributed by atoms with E-state index in [0.717, 1.165) is 0 Å². The van der Waals surface area contributed by atoms with Gasteiger partial charge < -0.3 is 15.4 Å². The van der Waals surface area contributed by atoms with Crippen LogP contribution in [0.3, 0.4) is 0 Å². The fourth-order valence-corrected chi connectivity index (χ4v) is 1.66. The number of aryl methyl sites for hydroxylation is 1.